The summed E-state index contributed by atoms with van der Waals surface area (Å²) in [5.74, 6) is 0.914. The first-order valence-electron chi connectivity index (χ1n) is 8.73. The number of fused-ring (bicyclic) bond motifs is 3. The molecular formula is C18H24N4O2S. The predicted molar refractivity (Wildman–Crippen MR) is 101 cm³/mol. The van der Waals surface area contributed by atoms with Gasteiger partial charge in [0.2, 0.25) is 5.91 Å². The lowest BCUT2D eigenvalue weighted by Gasteiger charge is -2.16. The Hall–Kier alpha value is -2.15. The van der Waals surface area contributed by atoms with Crippen molar-refractivity contribution in [2.45, 2.75) is 46.1 Å². The molecule has 3 aromatic rings. The summed E-state index contributed by atoms with van der Waals surface area (Å²) in [7, 11) is 1.84. The highest BCUT2D eigenvalue weighted by Crippen LogP contribution is 2.24. The van der Waals surface area contributed by atoms with Gasteiger partial charge in [-0.1, -0.05) is 13.3 Å². The summed E-state index contributed by atoms with van der Waals surface area (Å²) in [5, 5.41) is 6.46. The molecule has 0 radical (unpaired) electrons. The molecule has 0 aliphatic heterocycles. The van der Waals surface area contributed by atoms with Crippen LogP contribution in [-0.4, -0.2) is 38.6 Å². The minimum Gasteiger partial charge on any atom is -0.346 e. The lowest BCUT2D eigenvalue weighted by molar-refractivity contribution is -0.130. The van der Waals surface area contributed by atoms with Crippen molar-refractivity contribution in [2.24, 2.45) is 0 Å². The summed E-state index contributed by atoms with van der Waals surface area (Å²) in [6.45, 7) is 5.27. The van der Waals surface area contributed by atoms with E-state index in [-0.39, 0.29) is 11.5 Å². The zero-order valence-electron chi connectivity index (χ0n) is 15.0. The maximum absolute atomic E-state index is 12.7. The molecule has 0 unspecified atom stereocenters. The van der Waals surface area contributed by atoms with Crippen LogP contribution in [0.1, 0.15) is 38.4 Å². The van der Waals surface area contributed by atoms with E-state index in [0.717, 1.165) is 35.4 Å². The van der Waals surface area contributed by atoms with Crippen molar-refractivity contribution < 1.29 is 4.79 Å². The Balaban J connectivity index is 1.73. The Morgan fingerprint density at radius 1 is 1.32 bits per heavy atom. The molecule has 0 fully saturated rings. The van der Waals surface area contributed by atoms with Crippen molar-refractivity contribution in [2.75, 3.05) is 13.6 Å². The molecule has 0 N–H and O–H groups in total. The van der Waals surface area contributed by atoms with Gasteiger partial charge in [-0.3, -0.25) is 14.0 Å². The molecule has 0 saturated heterocycles. The van der Waals surface area contributed by atoms with Crippen molar-refractivity contribution in [1.82, 2.24) is 19.1 Å². The lowest BCUT2D eigenvalue weighted by atomic mass is 10.2. The molecule has 134 valence electrons. The Morgan fingerprint density at radius 2 is 2.12 bits per heavy atom. The number of aryl methyl sites for hydroxylation is 2. The van der Waals surface area contributed by atoms with E-state index in [1.165, 1.54) is 4.68 Å². The van der Waals surface area contributed by atoms with Crippen LogP contribution in [0.5, 0.6) is 0 Å². The van der Waals surface area contributed by atoms with E-state index in [4.69, 9.17) is 0 Å². The number of hydrogen-bond acceptors (Lipinski definition) is 4. The molecular weight excluding hydrogens is 336 g/mol. The third-order valence-electron chi connectivity index (χ3n) is 4.50. The van der Waals surface area contributed by atoms with Gasteiger partial charge >= 0.3 is 0 Å². The first-order chi connectivity index (χ1) is 12.0. The maximum Gasteiger partial charge on any atom is 0.291 e. The Kier molecular flexibility index (Phi) is 5.22. The predicted octanol–water partition coefficient (Wildman–Crippen LogP) is 3.06. The monoisotopic (exact) mass is 360 g/mol. The molecule has 0 spiro atoms. The third kappa shape index (κ3) is 3.46. The van der Waals surface area contributed by atoms with Gasteiger partial charge in [-0.25, -0.2) is 4.68 Å². The van der Waals surface area contributed by atoms with E-state index in [9.17, 15) is 9.59 Å². The first-order valence-corrected chi connectivity index (χ1v) is 9.61. The molecule has 3 heterocycles. The number of carbonyl (C=O) groups is 1. The smallest absolute Gasteiger partial charge is 0.291 e. The van der Waals surface area contributed by atoms with Crippen LogP contribution in [0.15, 0.2) is 22.3 Å². The Bertz CT molecular complexity index is 953. The van der Waals surface area contributed by atoms with Crippen molar-refractivity contribution in [3.63, 3.8) is 0 Å². The highest BCUT2D eigenvalue weighted by Gasteiger charge is 2.13. The average Bonchev–Trinajstić information content (AvgIpc) is 3.17. The van der Waals surface area contributed by atoms with Gasteiger partial charge in [0.25, 0.3) is 5.56 Å². The van der Waals surface area contributed by atoms with Gasteiger partial charge < -0.3 is 4.90 Å². The van der Waals surface area contributed by atoms with E-state index in [0.29, 0.717) is 24.9 Å². The van der Waals surface area contributed by atoms with E-state index >= 15 is 0 Å². The van der Waals surface area contributed by atoms with E-state index in [2.05, 4.69) is 12.0 Å². The van der Waals surface area contributed by atoms with Crippen LogP contribution in [0.3, 0.4) is 0 Å². The number of carbonyl (C=O) groups excluding carboxylic acids is 1. The van der Waals surface area contributed by atoms with Gasteiger partial charge in [-0.2, -0.15) is 5.10 Å². The van der Waals surface area contributed by atoms with E-state index < -0.39 is 0 Å². The number of rotatable bonds is 7. The molecule has 7 heteroatoms. The summed E-state index contributed by atoms with van der Waals surface area (Å²) >= 11 is 1.62. The van der Waals surface area contributed by atoms with E-state index in [1.807, 2.05) is 35.9 Å². The molecule has 1 amide bonds. The lowest BCUT2D eigenvalue weighted by Crippen LogP contribution is -2.29. The van der Waals surface area contributed by atoms with Crippen LogP contribution in [0.25, 0.3) is 15.7 Å². The second kappa shape index (κ2) is 7.39. The van der Waals surface area contributed by atoms with Gasteiger partial charge in [0, 0.05) is 26.6 Å². The fourth-order valence-corrected chi connectivity index (χ4v) is 3.87. The van der Waals surface area contributed by atoms with Gasteiger partial charge in [-0.15, -0.1) is 11.3 Å². The summed E-state index contributed by atoms with van der Waals surface area (Å²) in [4.78, 5) is 26.6. The van der Waals surface area contributed by atoms with Crippen molar-refractivity contribution in [3.05, 3.63) is 33.7 Å². The SMILES string of the molecule is CCCCN(C)C(=O)CCCn1nc(C)n2c(cc3sccc32)c1=O. The minimum atomic E-state index is -0.0965. The Morgan fingerprint density at radius 3 is 2.88 bits per heavy atom. The average molecular weight is 360 g/mol. The number of nitrogens with zero attached hydrogens (tertiary/aromatic N) is 4. The number of amides is 1. The fraction of sp³-hybridized carbons (Fsp3) is 0.500. The highest BCUT2D eigenvalue weighted by atomic mass is 32.1. The first kappa shape index (κ1) is 17.7. The van der Waals surface area contributed by atoms with Gasteiger partial charge in [0.15, 0.2) is 0 Å². The molecule has 0 saturated carbocycles. The van der Waals surface area contributed by atoms with E-state index in [1.54, 1.807) is 16.2 Å². The third-order valence-corrected chi connectivity index (χ3v) is 5.35. The van der Waals surface area contributed by atoms with Crippen molar-refractivity contribution >= 4 is 33.0 Å². The number of hydrogen-bond donors (Lipinski definition) is 0. The quantitative estimate of drug-likeness (QED) is 0.651. The second-order valence-corrected chi connectivity index (χ2v) is 7.33. The summed E-state index contributed by atoms with van der Waals surface area (Å²) in [5.41, 5.74) is 1.59. The number of thiophene rings is 1. The van der Waals surface area contributed by atoms with Crippen LogP contribution in [-0.2, 0) is 11.3 Å². The normalized spacial score (nSPS) is 11.5. The van der Waals surface area contributed by atoms with Crippen molar-refractivity contribution in [1.29, 1.82) is 0 Å². The zero-order valence-corrected chi connectivity index (χ0v) is 15.8. The second-order valence-electron chi connectivity index (χ2n) is 6.38. The molecule has 25 heavy (non-hydrogen) atoms. The summed E-state index contributed by atoms with van der Waals surface area (Å²) < 4.78 is 4.49. The summed E-state index contributed by atoms with van der Waals surface area (Å²) in [6, 6.07) is 3.94. The molecule has 3 aromatic heterocycles. The Labute approximate surface area is 150 Å². The molecule has 0 aromatic carbocycles. The molecule has 0 bridgehead atoms. The number of unbranched alkanes of at least 4 members (excludes halogenated alkanes) is 1. The van der Waals surface area contributed by atoms with Crippen molar-refractivity contribution in [3.8, 4) is 0 Å². The van der Waals surface area contributed by atoms with Crippen LogP contribution in [0, 0.1) is 6.92 Å². The van der Waals surface area contributed by atoms with Gasteiger partial charge in [-0.05, 0) is 37.3 Å². The minimum absolute atomic E-state index is 0.0965. The molecule has 3 rings (SSSR count). The fourth-order valence-electron chi connectivity index (χ4n) is 3.07. The van der Waals surface area contributed by atoms with Crippen LogP contribution in [0.4, 0.5) is 0 Å². The molecule has 0 aliphatic rings. The molecule has 6 nitrogen and oxygen atoms in total. The topological polar surface area (TPSA) is 59.6 Å². The highest BCUT2D eigenvalue weighted by molar-refractivity contribution is 7.17. The zero-order chi connectivity index (χ0) is 18.0. The standard InChI is InChI=1S/C18H24N4O2S/c1-4-5-9-20(3)17(23)7-6-10-21-18(24)15-12-16-14(8-11-25-16)22(15)13(2)19-21/h8,11-12H,4-7,9-10H2,1-3H3. The largest absolute Gasteiger partial charge is 0.346 e. The molecule has 0 atom stereocenters. The van der Waals surface area contributed by atoms with Gasteiger partial charge in [0.05, 0.1) is 10.2 Å². The maximum atomic E-state index is 12.7. The van der Waals surface area contributed by atoms with Gasteiger partial charge in [0.1, 0.15) is 11.3 Å². The van der Waals surface area contributed by atoms with Crippen LogP contribution < -0.4 is 5.56 Å². The van der Waals surface area contributed by atoms with Crippen LogP contribution in [0.2, 0.25) is 0 Å². The molecule has 0 aliphatic carbocycles. The summed E-state index contributed by atoms with van der Waals surface area (Å²) in [6.07, 6.45) is 3.15. The van der Waals surface area contributed by atoms with Crippen LogP contribution >= 0.6 is 11.3 Å². The number of aromatic nitrogens is 3.